The predicted molar refractivity (Wildman–Crippen MR) is 101 cm³/mol. The van der Waals surface area contributed by atoms with E-state index in [1.807, 2.05) is 24.3 Å². The molecule has 0 aliphatic carbocycles. The van der Waals surface area contributed by atoms with E-state index in [0.717, 1.165) is 24.2 Å². The van der Waals surface area contributed by atoms with E-state index in [1.54, 1.807) is 6.08 Å². The van der Waals surface area contributed by atoms with Crippen LogP contribution in [0.3, 0.4) is 0 Å². The Hall–Kier alpha value is -3.48. The first-order valence-electron chi connectivity index (χ1n) is 8.57. The van der Waals surface area contributed by atoms with Crippen LogP contribution >= 0.6 is 0 Å². The molecule has 27 heavy (non-hydrogen) atoms. The van der Waals surface area contributed by atoms with Gasteiger partial charge in [-0.2, -0.15) is 0 Å². The maximum atomic E-state index is 12.0. The predicted octanol–water partition coefficient (Wildman–Crippen LogP) is 4.12. The van der Waals surface area contributed by atoms with Crippen molar-refractivity contribution >= 4 is 23.6 Å². The third-order valence-corrected chi connectivity index (χ3v) is 3.90. The summed E-state index contributed by atoms with van der Waals surface area (Å²) in [5, 5.41) is 10.7. The van der Waals surface area contributed by atoms with E-state index in [4.69, 9.17) is 9.47 Å². The van der Waals surface area contributed by atoms with Crippen molar-refractivity contribution < 1.29 is 19.2 Å². The normalized spacial score (nSPS) is 14.8. The van der Waals surface area contributed by atoms with Crippen LogP contribution in [0.4, 0.5) is 5.69 Å². The second-order valence-electron chi connectivity index (χ2n) is 5.91. The number of benzene rings is 2. The quantitative estimate of drug-likeness (QED) is 0.242. The molecule has 0 N–H and O–H groups in total. The van der Waals surface area contributed by atoms with Crippen LogP contribution < -0.4 is 4.74 Å². The van der Waals surface area contributed by atoms with Gasteiger partial charge in [-0.25, -0.2) is 9.79 Å². The Morgan fingerprint density at radius 2 is 1.85 bits per heavy atom. The van der Waals surface area contributed by atoms with Crippen LogP contribution in [0, 0.1) is 10.1 Å². The van der Waals surface area contributed by atoms with Crippen molar-refractivity contribution in [2.45, 2.75) is 19.8 Å². The van der Waals surface area contributed by atoms with Crippen LogP contribution in [0.15, 0.2) is 59.2 Å². The standard InChI is InChI=1S/C20H18N2O5/c1-2-3-12-26-17-10-4-14(5-11-17)13-18-20(23)27-19(21-18)15-6-8-16(9-7-15)22(24)25/h4-11,13H,2-3,12H2,1H3. The summed E-state index contributed by atoms with van der Waals surface area (Å²) in [5.41, 5.74) is 1.42. The number of nitro benzene ring substituents is 1. The van der Waals surface area contributed by atoms with Crippen LogP contribution in [0.1, 0.15) is 30.9 Å². The van der Waals surface area contributed by atoms with E-state index < -0.39 is 10.9 Å². The Labute approximate surface area is 156 Å². The molecule has 1 aliphatic rings. The number of non-ortho nitro benzene ring substituents is 1. The van der Waals surface area contributed by atoms with Gasteiger partial charge < -0.3 is 9.47 Å². The zero-order valence-electron chi connectivity index (χ0n) is 14.8. The van der Waals surface area contributed by atoms with Crippen molar-refractivity contribution in [3.63, 3.8) is 0 Å². The van der Waals surface area contributed by atoms with Gasteiger partial charge in [-0.3, -0.25) is 10.1 Å². The van der Waals surface area contributed by atoms with Crippen molar-refractivity contribution in [3.05, 3.63) is 75.5 Å². The largest absolute Gasteiger partial charge is 0.494 e. The summed E-state index contributed by atoms with van der Waals surface area (Å²) in [6.07, 6.45) is 3.69. The summed E-state index contributed by atoms with van der Waals surface area (Å²) < 4.78 is 10.8. The molecule has 0 spiro atoms. The third-order valence-electron chi connectivity index (χ3n) is 3.90. The molecule has 0 bridgehead atoms. The molecule has 0 radical (unpaired) electrons. The number of hydrogen-bond acceptors (Lipinski definition) is 6. The van der Waals surface area contributed by atoms with Gasteiger partial charge in [0.2, 0.25) is 5.90 Å². The van der Waals surface area contributed by atoms with Gasteiger partial charge in [-0.1, -0.05) is 25.5 Å². The van der Waals surface area contributed by atoms with Gasteiger partial charge in [0.15, 0.2) is 5.70 Å². The smallest absolute Gasteiger partial charge is 0.363 e. The SMILES string of the molecule is CCCCOc1ccc(C=C2N=C(c3ccc([N+](=O)[O-])cc3)OC2=O)cc1. The fraction of sp³-hybridized carbons (Fsp3) is 0.200. The lowest BCUT2D eigenvalue weighted by molar-refractivity contribution is -0.384. The molecule has 0 unspecified atom stereocenters. The highest BCUT2D eigenvalue weighted by Crippen LogP contribution is 2.22. The first-order chi connectivity index (χ1) is 13.1. The first kappa shape index (κ1) is 18.3. The van der Waals surface area contributed by atoms with Crippen LogP contribution in [0.25, 0.3) is 6.08 Å². The van der Waals surface area contributed by atoms with E-state index in [-0.39, 0.29) is 17.3 Å². The number of esters is 1. The number of carbonyl (C=O) groups is 1. The van der Waals surface area contributed by atoms with Crippen molar-refractivity contribution in [3.8, 4) is 5.75 Å². The van der Waals surface area contributed by atoms with Crippen molar-refractivity contribution in [1.82, 2.24) is 0 Å². The van der Waals surface area contributed by atoms with E-state index in [1.165, 1.54) is 24.3 Å². The summed E-state index contributed by atoms with van der Waals surface area (Å²) in [6.45, 7) is 2.77. The topological polar surface area (TPSA) is 91.0 Å². The molecule has 0 atom stereocenters. The van der Waals surface area contributed by atoms with E-state index in [2.05, 4.69) is 11.9 Å². The number of rotatable bonds is 7. The van der Waals surface area contributed by atoms with E-state index >= 15 is 0 Å². The van der Waals surface area contributed by atoms with Crippen LogP contribution in [0.5, 0.6) is 5.75 Å². The van der Waals surface area contributed by atoms with E-state index in [9.17, 15) is 14.9 Å². The summed E-state index contributed by atoms with van der Waals surface area (Å²) in [6, 6.07) is 13.0. The summed E-state index contributed by atoms with van der Waals surface area (Å²) in [7, 11) is 0. The Morgan fingerprint density at radius 3 is 2.48 bits per heavy atom. The van der Waals surface area contributed by atoms with Crippen LogP contribution in [0.2, 0.25) is 0 Å². The van der Waals surface area contributed by atoms with E-state index in [0.29, 0.717) is 12.2 Å². The maximum absolute atomic E-state index is 12.0. The molecular formula is C20H18N2O5. The minimum atomic E-state index is -0.563. The minimum absolute atomic E-state index is 0.0410. The summed E-state index contributed by atoms with van der Waals surface area (Å²) >= 11 is 0. The molecule has 0 saturated carbocycles. The number of unbranched alkanes of at least 4 members (excludes halogenated alkanes) is 1. The maximum Gasteiger partial charge on any atom is 0.363 e. The molecular weight excluding hydrogens is 348 g/mol. The number of aliphatic imine (C=N–C) groups is 1. The third kappa shape index (κ3) is 4.58. The second kappa shape index (κ2) is 8.27. The number of ether oxygens (including phenoxy) is 2. The molecule has 138 valence electrons. The first-order valence-corrected chi connectivity index (χ1v) is 8.57. The minimum Gasteiger partial charge on any atom is -0.494 e. The van der Waals surface area contributed by atoms with Crippen molar-refractivity contribution in [2.75, 3.05) is 6.61 Å². The zero-order chi connectivity index (χ0) is 19.2. The lowest BCUT2D eigenvalue weighted by atomic mass is 10.2. The Balaban J connectivity index is 1.74. The zero-order valence-corrected chi connectivity index (χ0v) is 14.8. The van der Waals surface area contributed by atoms with Crippen LogP contribution in [-0.4, -0.2) is 23.4 Å². The Kier molecular flexibility index (Phi) is 5.61. The molecule has 1 aliphatic heterocycles. The molecule has 7 heteroatoms. The summed E-state index contributed by atoms with van der Waals surface area (Å²) in [5.74, 6) is 0.335. The molecule has 2 aromatic rings. The molecule has 2 aromatic carbocycles. The molecule has 3 rings (SSSR count). The molecule has 0 amide bonds. The van der Waals surface area contributed by atoms with Gasteiger partial charge in [0.05, 0.1) is 11.5 Å². The highest BCUT2D eigenvalue weighted by molar-refractivity contribution is 6.12. The molecule has 0 aromatic heterocycles. The fourth-order valence-corrected chi connectivity index (χ4v) is 2.41. The van der Waals surface area contributed by atoms with Gasteiger partial charge in [0.1, 0.15) is 5.75 Å². The van der Waals surface area contributed by atoms with Crippen molar-refractivity contribution in [2.24, 2.45) is 4.99 Å². The monoisotopic (exact) mass is 366 g/mol. The van der Waals surface area contributed by atoms with Gasteiger partial charge in [0, 0.05) is 17.7 Å². The van der Waals surface area contributed by atoms with Gasteiger partial charge in [-0.05, 0) is 42.3 Å². The van der Waals surface area contributed by atoms with Crippen molar-refractivity contribution in [1.29, 1.82) is 0 Å². The Morgan fingerprint density at radius 1 is 1.15 bits per heavy atom. The summed E-state index contributed by atoms with van der Waals surface area (Å²) in [4.78, 5) is 26.5. The van der Waals surface area contributed by atoms with Gasteiger partial charge >= 0.3 is 5.97 Å². The molecule has 0 fully saturated rings. The number of nitrogens with zero attached hydrogens (tertiary/aromatic N) is 2. The Bertz CT molecular complexity index is 899. The average molecular weight is 366 g/mol. The number of nitro groups is 1. The highest BCUT2D eigenvalue weighted by Gasteiger charge is 2.24. The average Bonchev–Trinajstić information content (AvgIpc) is 3.04. The lowest BCUT2D eigenvalue weighted by Crippen LogP contribution is -2.05. The molecule has 7 nitrogen and oxygen atoms in total. The molecule has 0 saturated heterocycles. The molecule has 1 heterocycles. The number of carbonyl (C=O) groups excluding carboxylic acids is 1. The van der Waals surface area contributed by atoms with Crippen LogP contribution in [-0.2, 0) is 9.53 Å². The second-order valence-corrected chi connectivity index (χ2v) is 5.91. The highest BCUT2D eigenvalue weighted by atomic mass is 16.6. The number of hydrogen-bond donors (Lipinski definition) is 0. The lowest BCUT2D eigenvalue weighted by Gasteiger charge is -2.05. The van der Waals surface area contributed by atoms with Gasteiger partial charge in [-0.15, -0.1) is 0 Å². The fourth-order valence-electron chi connectivity index (χ4n) is 2.41. The van der Waals surface area contributed by atoms with Gasteiger partial charge in [0.25, 0.3) is 5.69 Å². The number of cyclic esters (lactones) is 1.